The van der Waals surface area contributed by atoms with Crippen LogP contribution in [0.2, 0.25) is 0 Å². The fraction of sp³-hybridized carbons (Fsp3) is 0.102. The molecule has 67 heavy (non-hydrogen) atoms. The number of nitrogens with zero attached hydrogens (tertiary/aromatic N) is 1. The molecule has 9 rings (SSSR count). The summed E-state index contributed by atoms with van der Waals surface area (Å²) >= 11 is 20.5. The van der Waals surface area contributed by atoms with E-state index < -0.39 is 23.5 Å². The third-order valence-electron chi connectivity index (χ3n) is 10.8. The molecule has 3 heterocycles. The number of benzene rings is 6. The molecule has 6 aromatic carbocycles. The van der Waals surface area contributed by atoms with Crippen molar-refractivity contribution in [1.29, 1.82) is 0 Å². The van der Waals surface area contributed by atoms with Crippen LogP contribution in [0.5, 0.6) is 34.5 Å². The quantitative estimate of drug-likeness (QED) is 0.0734. The summed E-state index contributed by atoms with van der Waals surface area (Å²) in [6, 6.07) is 27.0. The maximum atomic E-state index is 14.5. The van der Waals surface area contributed by atoms with E-state index in [0.717, 1.165) is 5.56 Å². The lowest BCUT2D eigenvalue weighted by molar-refractivity contribution is 0.0720. The Bertz CT molecular complexity index is 3410. The Labute approximate surface area is 431 Å². The zero-order chi connectivity index (χ0) is 47.4. The second-order valence-electron chi connectivity index (χ2n) is 14.9. The van der Waals surface area contributed by atoms with Crippen molar-refractivity contribution in [2.75, 3.05) is 21.3 Å². The van der Waals surface area contributed by atoms with Crippen molar-refractivity contribution in [3.8, 4) is 56.9 Å². The summed E-state index contributed by atoms with van der Waals surface area (Å²) in [5, 5.41) is 0.948. The Morgan fingerprint density at radius 3 is 1.51 bits per heavy atom. The summed E-state index contributed by atoms with van der Waals surface area (Å²) in [7, 11) is 4.37. The molecule has 0 unspecified atom stereocenters. The topological polar surface area (TPSA) is 142 Å². The summed E-state index contributed by atoms with van der Waals surface area (Å²) in [5.41, 5.74) is 3.80. The van der Waals surface area contributed by atoms with Crippen molar-refractivity contribution in [1.82, 2.24) is 4.57 Å². The van der Waals surface area contributed by atoms with Gasteiger partial charge >= 0.3 is 23.5 Å². The summed E-state index contributed by atoms with van der Waals surface area (Å²) in [5.74, 6) is -0.871. The molecule has 0 bridgehead atoms. The number of carbonyl (C=O) groups is 3. The van der Waals surface area contributed by atoms with E-state index >= 15 is 0 Å². The van der Waals surface area contributed by atoms with Crippen LogP contribution in [0.4, 0.5) is 0 Å². The minimum atomic E-state index is -0.677. The summed E-state index contributed by atoms with van der Waals surface area (Å²) in [4.78, 5) is 54.9. The highest BCUT2D eigenvalue weighted by atomic mass is 79.9. The van der Waals surface area contributed by atoms with Gasteiger partial charge in [-0.25, -0.2) is 19.2 Å². The molecule has 338 valence electrons. The van der Waals surface area contributed by atoms with Gasteiger partial charge < -0.3 is 37.4 Å². The number of methoxy groups -OCH3 is 3. The number of halogens is 6. The van der Waals surface area contributed by atoms with E-state index in [1.165, 1.54) is 27.4 Å². The van der Waals surface area contributed by atoms with Crippen molar-refractivity contribution in [3.63, 3.8) is 0 Å². The zero-order valence-corrected chi connectivity index (χ0v) is 44.4. The molecule has 1 aliphatic rings. The molecule has 0 amide bonds. The average Bonchev–Trinajstić information content (AvgIpc) is 3.64. The molecule has 12 nitrogen and oxygen atoms in total. The van der Waals surface area contributed by atoms with E-state index in [1.807, 2.05) is 10.6 Å². The number of fused-ring (bicyclic) bond motifs is 7. The van der Waals surface area contributed by atoms with Crippen LogP contribution in [0.15, 0.2) is 133 Å². The molecule has 0 spiro atoms. The maximum absolute atomic E-state index is 14.5. The summed E-state index contributed by atoms with van der Waals surface area (Å²) in [6.45, 7) is 0.317. The largest absolute Gasteiger partial charge is 0.493 e. The third-order valence-corrected chi connectivity index (χ3v) is 13.5. The molecule has 0 fully saturated rings. The number of esters is 3. The van der Waals surface area contributed by atoms with Crippen LogP contribution in [-0.2, 0) is 13.0 Å². The number of hydrogen-bond acceptors (Lipinski definition) is 11. The van der Waals surface area contributed by atoms with Crippen LogP contribution >= 0.6 is 95.6 Å². The third kappa shape index (κ3) is 9.23. The lowest BCUT2D eigenvalue weighted by atomic mass is 9.91. The van der Waals surface area contributed by atoms with Gasteiger partial charge in [0.05, 0.1) is 43.7 Å². The van der Waals surface area contributed by atoms with Crippen molar-refractivity contribution in [2.45, 2.75) is 13.0 Å². The minimum Gasteiger partial charge on any atom is -0.493 e. The molecule has 0 N–H and O–H groups in total. The SMILES string of the molecule is COc1cc(-c2c3n(c4c(=O)oc5cc(OC(=O)c6cc(Br)cc(Br)c6)c(OC)cc5c24)CCc2cc(OC(=O)c4cc(Br)cc(Br)c4)c(OC)cc2-3)ccc1OC(=O)c1cc(Br)cc(Br)c1. The first-order valence-electron chi connectivity index (χ1n) is 19.8. The predicted molar refractivity (Wildman–Crippen MR) is 273 cm³/mol. The van der Waals surface area contributed by atoms with E-state index in [0.29, 0.717) is 84.1 Å². The van der Waals surface area contributed by atoms with Crippen LogP contribution in [0.1, 0.15) is 36.6 Å². The Hall–Kier alpha value is -5.24. The monoisotopic (exact) mass is 1280 g/mol. The van der Waals surface area contributed by atoms with E-state index in [2.05, 4.69) is 95.6 Å². The normalized spacial score (nSPS) is 11.8. The Morgan fingerprint density at radius 2 is 1.00 bits per heavy atom. The first-order chi connectivity index (χ1) is 32.1. The van der Waals surface area contributed by atoms with Gasteiger partial charge in [-0.05, 0) is 102 Å². The van der Waals surface area contributed by atoms with Crippen LogP contribution in [0.3, 0.4) is 0 Å². The zero-order valence-electron chi connectivity index (χ0n) is 34.9. The first-order valence-corrected chi connectivity index (χ1v) is 24.5. The van der Waals surface area contributed by atoms with Gasteiger partial charge in [-0.2, -0.15) is 0 Å². The van der Waals surface area contributed by atoms with Crippen LogP contribution in [0, 0.1) is 0 Å². The highest BCUT2D eigenvalue weighted by Crippen LogP contribution is 2.50. The van der Waals surface area contributed by atoms with Gasteiger partial charge in [0.25, 0.3) is 0 Å². The van der Waals surface area contributed by atoms with Crippen LogP contribution < -0.4 is 34.0 Å². The highest BCUT2D eigenvalue weighted by Gasteiger charge is 2.32. The van der Waals surface area contributed by atoms with Gasteiger partial charge in [0, 0.05) is 61.3 Å². The second-order valence-corrected chi connectivity index (χ2v) is 20.4. The van der Waals surface area contributed by atoms with Crippen molar-refractivity contribution < 1.29 is 47.2 Å². The predicted octanol–water partition coefficient (Wildman–Crippen LogP) is 13.9. The van der Waals surface area contributed by atoms with Crippen LogP contribution in [0.25, 0.3) is 44.3 Å². The van der Waals surface area contributed by atoms with Crippen molar-refractivity contribution >= 4 is 135 Å². The number of aryl methyl sites for hydroxylation is 2. The lowest BCUT2D eigenvalue weighted by Gasteiger charge is -2.23. The number of ether oxygens (including phenoxy) is 6. The lowest BCUT2D eigenvalue weighted by Crippen LogP contribution is -2.16. The van der Waals surface area contributed by atoms with Gasteiger partial charge in [-0.3, -0.25) is 0 Å². The number of hydrogen-bond donors (Lipinski definition) is 0. The van der Waals surface area contributed by atoms with E-state index in [1.54, 1.807) is 84.9 Å². The van der Waals surface area contributed by atoms with Gasteiger partial charge in [0.2, 0.25) is 0 Å². The maximum Gasteiger partial charge on any atom is 0.361 e. The molecule has 0 aliphatic carbocycles. The molecule has 18 heteroatoms. The van der Waals surface area contributed by atoms with Gasteiger partial charge in [0.1, 0.15) is 11.1 Å². The van der Waals surface area contributed by atoms with Crippen LogP contribution in [-0.4, -0.2) is 43.8 Å². The molecule has 0 saturated carbocycles. The standard InChI is InChI=1S/C49H29Br6NO11/c1-61-37-15-23(4-5-35(37)64-46(57)24-8-27(50)16-28(51)9-24)42-43-34-20-39(63-3)41(67-48(59)26-12-31(54)18-32(55)13-26)21-36(34)65-49(60)45(43)56-7-6-22-14-40(38(62-2)19-33(22)44(42)56)66-47(58)25-10-29(52)17-30(53)11-25/h4-5,8-21H,6-7H2,1-3H3. The molecule has 0 atom stereocenters. The molecule has 8 aromatic rings. The van der Waals surface area contributed by atoms with E-state index in [4.69, 9.17) is 32.8 Å². The molecule has 0 radical (unpaired) electrons. The number of rotatable bonds is 10. The van der Waals surface area contributed by atoms with E-state index in [-0.39, 0.29) is 51.2 Å². The minimum absolute atomic E-state index is 0.0156. The van der Waals surface area contributed by atoms with Gasteiger partial charge in [-0.15, -0.1) is 0 Å². The number of carbonyl (C=O) groups excluding carboxylic acids is 3. The second kappa shape index (κ2) is 19.0. The Kier molecular flexibility index (Phi) is 13.3. The molecular formula is C49H29Br6NO11. The number of aromatic nitrogens is 1. The first kappa shape index (κ1) is 46.9. The van der Waals surface area contributed by atoms with Crippen molar-refractivity contribution in [2.24, 2.45) is 0 Å². The fourth-order valence-corrected chi connectivity index (χ4v) is 11.9. The summed E-state index contributed by atoms with van der Waals surface area (Å²) < 4.78 is 47.3. The Morgan fingerprint density at radius 1 is 0.537 bits per heavy atom. The van der Waals surface area contributed by atoms with Gasteiger partial charge in [-0.1, -0.05) is 102 Å². The molecule has 0 saturated heterocycles. The highest BCUT2D eigenvalue weighted by molar-refractivity contribution is 9.11. The van der Waals surface area contributed by atoms with E-state index in [9.17, 15) is 19.2 Å². The van der Waals surface area contributed by atoms with Gasteiger partial charge in [0.15, 0.2) is 34.5 Å². The van der Waals surface area contributed by atoms with Crippen molar-refractivity contribution in [3.05, 3.63) is 157 Å². The smallest absolute Gasteiger partial charge is 0.361 e. The fourth-order valence-electron chi connectivity index (χ4n) is 7.99. The molecular weight excluding hydrogens is 1260 g/mol. The molecule has 2 aromatic heterocycles. The molecule has 1 aliphatic heterocycles. The summed E-state index contributed by atoms with van der Waals surface area (Å²) in [6.07, 6.45) is 0.424. The Balaban J connectivity index is 1.24. The average molecular weight is 1290 g/mol.